The van der Waals surface area contributed by atoms with Crippen molar-refractivity contribution in [2.24, 2.45) is 11.8 Å². The summed E-state index contributed by atoms with van der Waals surface area (Å²) in [5.41, 5.74) is 3.51. The third-order valence-corrected chi connectivity index (χ3v) is 8.27. The molecule has 2 heterocycles. The first-order valence-electron chi connectivity index (χ1n) is 12.5. The number of imide groups is 1. The number of likely N-dealkylation sites (tertiary alicyclic amines) is 1. The molecule has 2 fully saturated rings. The number of anilines is 1. The molecule has 3 atom stereocenters. The minimum Gasteiger partial charge on any atom is -0.305 e. The fraction of sp³-hybridized carbons (Fsp3) is 0.483. The fourth-order valence-corrected chi connectivity index (χ4v) is 6.79. The lowest BCUT2D eigenvalue weighted by atomic mass is 9.65. The molecule has 2 aromatic carbocycles. The third-order valence-electron chi connectivity index (χ3n) is 8.27. The third kappa shape index (κ3) is 3.48. The van der Waals surface area contributed by atoms with Gasteiger partial charge in [-0.2, -0.15) is 0 Å². The van der Waals surface area contributed by atoms with Crippen molar-refractivity contribution in [3.8, 4) is 0 Å². The Labute approximate surface area is 202 Å². The van der Waals surface area contributed by atoms with Crippen LogP contribution in [0, 0.1) is 18.8 Å². The number of amides is 3. The van der Waals surface area contributed by atoms with Gasteiger partial charge in [0, 0.05) is 16.6 Å². The fourth-order valence-electron chi connectivity index (χ4n) is 6.79. The zero-order chi connectivity index (χ0) is 24.3. The van der Waals surface area contributed by atoms with Gasteiger partial charge in [-0.3, -0.25) is 19.3 Å². The summed E-state index contributed by atoms with van der Waals surface area (Å²) in [4.78, 5) is 43.1. The lowest BCUT2D eigenvalue weighted by Gasteiger charge is -2.51. The molecule has 1 aliphatic carbocycles. The van der Waals surface area contributed by atoms with E-state index in [0.717, 1.165) is 48.9 Å². The molecule has 5 heteroatoms. The number of fused-ring (bicyclic) bond motifs is 2. The van der Waals surface area contributed by atoms with Gasteiger partial charge in [-0.15, -0.1) is 0 Å². The smallest absolute Gasteiger partial charge is 0.247 e. The van der Waals surface area contributed by atoms with Crippen molar-refractivity contribution in [1.29, 1.82) is 0 Å². The van der Waals surface area contributed by atoms with Crippen LogP contribution in [0.25, 0.3) is 0 Å². The van der Waals surface area contributed by atoms with Crippen LogP contribution >= 0.6 is 0 Å². The quantitative estimate of drug-likeness (QED) is 0.609. The SMILES string of the molecule is Cc1ccc2c(c1)N(C(=O)CN1C(=O)[C@H]3CCCC[C@@H]3C1=O)C(C)(C)C[C@@]2(C)c1ccccc1. The molecule has 2 aliphatic heterocycles. The number of benzene rings is 2. The summed E-state index contributed by atoms with van der Waals surface area (Å²) in [6, 6.07) is 16.7. The van der Waals surface area contributed by atoms with Crippen LogP contribution in [0.1, 0.15) is 69.6 Å². The van der Waals surface area contributed by atoms with E-state index in [2.05, 4.69) is 63.2 Å². The zero-order valence-electron chi connectivity index (χ0n) is 20.6. The van der Waals surface area contributed by atoms with E-state index < -0.39 is 5.54 Å². The molecule has 0 N–H and O–H groups in total. The minimum absolute atomic E-state index is 0.156. The van der Waals surface area contributed by atoms with Crippen molar-refractivity contribution >= 4 is 23.4 Å². The first-order valence-corrected chi connectivity index (χ1v) is 12.5. The summed E-state index contributed by atoms with van der Waals surface area (Å²) >= 11 is 0. The zero-order valence-corrected chi connectivity index (χ0v) is 20.6. The normalized spacial score (nSPS) is 28.0. The van der Waals surface area contributed by atoms with Crippen LogP contribution < -0.4 is 4.90 Å². The van der Waals surface area contributed by atoms with E-state index in [1.807, 2.05) is 17.9 Å². The second-order valence-corrected chi connectivity index (χ2v) is 11.2. The molecule has 1 saturated heterocycles. The van der Waals surface area contributed by atoms with Gasteiger partial charge in [-0.1, -0.05) is 62.2 Å². The van der Waals surface area contributed by atoms with Crippen molar-refractivity contribution in [2.75, 3.05) is 11.4 Å². The molecule has 2 aromatic rings. The molecule has 5 nitrogen and oxygen atoms in total. The maximum atomic E-state index is 13.9. The first kappa shape index (κ1) is 22.8. The van der Waals surface area contributed by atoms with Crippen LogP contribution in [-0.2, 0) is 19.8 Å². The molecule has 0 radical (unpaired) electrons. The molecular weight excluding hydrogens is 424 g/mol. The topological polar surface area (TPSA) is 57.7 Å². The van der Waals surface area contributed by atoms with Crippen molar-refractivity contribution in [3.63, 3.8) is 0 Å². The molecular formula is C29H34N2O3. The van der Waals surface area contributed by atoms with Gasteiger partial charge in [-0.05, 0) is 62.8 Å². The van der Waals surface area contributed by atoms with Crippen LogP contribution in [-0.4, -0.2) is 34.7 Å². The van der Waals surface area contributed by atoms with Crippen molar-refractivity contribution in [2.45, 2.75) is 70.8 Å². The van der Waals surface area contributed by atoms with Crippen LogP contribution in [0.5, 0.6) is 0 Å². The van der Waals surface area contributed by atoms with E-state index in [9.17, 15) is 14.4 Å². The van der Waals surface area contributed by atoms with Crippen molar-refractivity contribution in [3.05, 3.63) is 65.2 Å². The molecule has 1 saturated carbocycles. The number of carbonyl (C=O) groups is 3. The van der Waals surface area contributed by atoms with Gasteiger partial charge in [0.1, 0.15) is 6.54 Å². The number of carbonyl (C=O) groups excluding carboxylic acids is 3. The molecule has 0 aromatic heterocycles. The Bertz CT molecular complexity index is 1130. The predicted molar refractivity (Wildman–Crippen MR) is 132 cm³/mol. The number of rotatable bonds is 3. The van der Waals surface area contributed by atoms with Gasteiger partial charge in [-0.25, -0.2) is 0 Å². The number of hydrogen-bond acceptors (Lipinski definition) is 3. The van der Waals surface area contributed by atoms with Gasteiger partial charge >= 0.3 is 0 Å². The second kappa shape index (κ2) is 8.07. The van der Waals surface area contributed by atoms with Crippen LogP contribution in [0.2, 0.25) is 0 Å². The minimum atomic E-state index is -0.499. The summed E-state index contributed by atoms with van der Waals surface area (Å²) in [7, 11) is 0. The van der Waals surface area contributed by atoms with E-state index in [4.69, 9.17) is 0 Å². The average molecular weight is 459 g/mol. The van der Waals surface area contributed by atoms with E-state index in [1.54, 1.807) is 0 Å². The maximum absolute atomic E-state index is 13.9. The molecule has 178 valence electrons. The Morgan fingerprint density at radius 3 is 2.18 bits per heavy atom. The predicted octanol–water partition coefficient (Wildman–Crippen LogP) is 4.99. The summed E-state index contributed by atoms with van der Waals surface area (Å²) < 4.78 is 0. The van der Waals surface area contributed by atoms with Crippen molar-refractivity contribution < 1.29 is 14.4 Å². The highest BCUT2D eigenvalue weighted by atomic mass is 16.2. The Morgan fingerprint density at radius 1 is 0.941 bits per heavy atom. The molecule has 34 heavy (non-hydrogen) atoms. The summed E-state index contributed by atoms with van der Waals surface area (Å²) in [6.45, 7) is 8.28. The Balaban J connectivity index is 1.53. The van der Waals surface area contributed by atoms with Gasteiger partial charge in [0.2, 0.25) is 17.7 Å². The van der Waals surface area contributed by atoms with Crippen LogP contribution in [0.15, 0.2) is 48.5 Å². The summed E-state index contributed by atoms with van der Waals surface area (Å²) in [5.74, 6) is -0.973. The van der Waals surface area contributed by atoms with Gasteiger partial charge in [0.25, 0.3) is 0 Å². The average Bonchev–Trinajstić information content (AvgIpc) is 3.04. The maximum Gasteiger partial charge on any atom is 0.247 e. The highest BCUT2D eigenvalue weighted by Gasteiger charge is 2.51. The van der Waals surface area contributed by atoms with Gasteiger partial charge in [0.05, 0.1) is 11.8 Å². The standard InChI is InChI=1S/C29H34N2O3/c1-19-14-15-23-24(16-19)31(28(2,3)18-29(23,4)20-10-6-5-7-11-20)25(32)17-30-26(33)21-12-8-9-13-22(21)27(30)34/h5-7,10-11,14-16,21-22H,8-9,12-13,17-18H2,1-4H3/t21-,22-,29-/m0/s1. The van der Waals surface area contributed by atoms with Crippen LogP contribution in [0.4, 0.5) is 5.69 Å². The van der Waals surface area contributed by atoms with Gasteiger partial charge < -0.3 is 4.90 Å². The first-order chi connectivity index (χ1) is 16.1. The molecule has 0 unspecified atom stereocenters. The lowest BCUT2D eigenvalue weighted by Crippen LogP contribution is -2.58. The van der Waals surface area contributed by atoms with Gasteiger partial charge in [0.15, 0.2) is 0 Å². The van der Waals surface area contributed by atoms with E-state index in [0.29, 0.717) is 0 Å². The number of hydrogen-bond donors (Lipinski definition) is 0. The molecule has 3 amide bonds. The van der Waals surface area contributed by atoms with E-state index in [1.165, 1.54) is 10.5 Å². The highest BCUT2D eigenvalue weighted by molar-refractivity contribution is 6.09. The lowest BCUT2D eigenvalue weighted by molar-refractivity contribution is -0.143. The molecule has 3 aliphatic rings. The van der Waals surface area contributed by atoms with E-state index in [-0.39, 0.29) is 41.5 Å². The molecule has 5 rings (SSSR count). The highest BCUT2D eigenvalue weighted by Crippen LogP contribution is 2.50. The molecule has 0 bridgehead atoms. The Kier molecular flexibility index (Phi) is 5.42. The Hall–Kier alpha value is -2.95. The van der Waals surface area contributed by atoms with Crippen molar-refractivity contribution in [1.82, 2.24) is 4.90 Å². The van der Waals surface area contributed by atoms with Crippen LogP contribution in [0.3, 0.4) is 0 Å². The number of nitrogens with zero attached hydrogens (tertiary/aromatic N) is 2. The summed E-state index contributed by atoms with van der Waals surface area (Å²) in [5, 5.41) is 0. The van der Waals surface area contributed by atoms with E-state index >= 15 is 0 Å². The second-order valence-electron chi connectivity index (χ2n) is 11.2. The largest absolute Gasteiger partial charge is 0.305 e. The number of aryl methyl sites for hydroxylation is 1. The Morgan fingerprint density at radius 2 is 1.56 bits per heavy atom. The summed E-state index contributed by atoms with van der Waals surface area (Å²) in [6.07, 6.45) is 4.20. The molecule has 0 spiro atoms. The monoisotopic (exact) mass is 458 g/mol.